The Morgan fingerprint density at radius 3 is 2.27 bits per heavy atom. The van der Waals surface area contributed by atoms with Crippen LogP contribution in [-0.2, 0) is 19.6 Å². The van der Waals surface area contributed by atoms with Gasteiger partial charge in [-0.1, -0.05) is 6.92 Å². The predicted octanol–water partition coefficient (Wildman–Crippen LogP) is 1.38. The molecule has 0 aromatic rings. The first-order valence-corrected chi connectivity index (χ1v) is 6.23. The molecule has 1 unspecified atom stereocenters. The molecule has 15 heavy (non-hydrogen) atoms. The third kappa shape index (κ3) is 3.79. The van der Waals surface area contributed by atoms with Crippen molar-refractivity contribution in [1.29, 1.82) is 0 Å². The summed E-state index contributed by atoms with van der Waals surface area (Å²) in [6.07, 6.45) is -0.00410. The molecule has 0 heterocycles. The highest BCUT2D eigenvalue weighted by Crippen LogP contribution is 2.22. The van der Waals surface area contributed by atoms with E-state index in [-0.39, 0.29) is 6.42 Å². The lowest BCUT2D eigenvalue weighted by Crippen LogP contribution is -2.44. The Morgan fingerprint density at radius 1 is 1.47 bits per heavy atom. The van der Waals surface area contributed by atoms with Gasteiger partial charge in [0.15, 0.2) is 0 Å². The maximum Gasteiger partial charge on any atom is 0.306 e. The van der Waals surface area contributed by atoms with Gasteiger partial charge >= 0.3 is 5.97 Å². The standard InChI is InChI=1S/C9H18O5S/c1-5-6-8(10)14-7(2)9(3,4)15(11,12)13/h7H,5-6H2,1-4H3,(H,11,12,13). The van der Waals surface area contributed by atoms with Crippen LogP contribution in [0, 0.1) is 0 Å². The molecule has 0 aliphatic rings. The summed E-state index contributed by atoms with van der Waals surface area (Å²) in [5.41, 5.74) is 0. The van der Waals surface area contributed by atoms with E-state index in [9.17, 15) is 13.2 Å². The Hall–Kier alpha value is -0.620. The van der Waals surface area contributed by atoms with Crippen LogP contribution in [0.3, 0.4) is 0 Å². The normalized spacial score (nSPS) is 14.7. The Bertz CT molecular complexity index is 317. The van der Waals surface area contributed by atoms with Crippen molar-refractivity contribution in [2.24, 2.45) is 0 Å². The van der Waals surface area contributed by atoms with Gasteiger partial charge in [-0.3, -0.25) is 9.35 Å². The van der Waals surface area contributed by atoms with Crippen LogP contribution in [0.1, 0.15) is 40.5 Å². The summed E-state index contributed by atoms with van der Waals surface area (Å²) in [5.74, 6) is -0.457. The van der Waals surface area contributed by atoms with Crippen molar-refractivity contribution in [1.82, 2.24) is 0 Å². The predicted molar refractivity (Wildman–Crippen MR) is 56.1 cm³/mol. The number of hydrogen-bond acceptors (Lipinski definition) is 4. The molecule has 6 heteroatoms. The molecule has 0 bridgehead atoms. The van der Waals surface area contributed by atoms with E-state index < -0.39 is 26.9 Å². The van der Waals surface area contributed by atoms with Gasteiger partial charge < -0.3 is 4.74 Å². The van der Waals surface area contributed by atoms with Gasteiger partial charge in [-0.15, -0.1) is 0 Å². The highest BCUT2D eigenvalue weighted by Gasteiger charge is 2.40. The summed E-state index contributed by atoms with van der Waals surface area (Å²) in [7, 11) is -4.24. The van der Waals surface area contributed by atoms with Crippen LogP contribution in [0.5, 0.6) is 0 Å². The van der Waals surface area contributed by atoms with Crippen molar-refractivity contribution in [2.45, 2.75) is 51.4 Å². The van der Waals surface area contributed by atoms with Crippen molar-refractivity contribution in [3.63, 3.8) is 0 Å². The van der Waals surface area contributed by atoms with Crippen molar-refractivity contribution in [2.75, 3.05) is 0 Å². The fourth-order valence-corrected chi connectivity index (χ4v) is 1.28. The van der Waals surface area contributed by atoms with Crippen LogP contribution in [0.15, 0.2) is 0 Å². The lowest BCUT2D eigenvalue weighted by molar-refractivity contribution is -0.149. The average Bonchev–Trinajstić information content (AvgIpc) is 2.02. The maximum absolute atomic E-state index is 11.1. The average molecular weight is 238 g/mol. The molecule has 0 aromatic carbocycles. The lowest BCUT2D eigenvalue weighted by atomic mass is 10.1. The molecule has 1 atom stereocenters. The van der Waals surface area contributed by atoms with Gasteiger partial charge in [0, 0.05) is 6.42 Å². The van der Waals surface area contributed by atoms with Crippen LogP contribution in [0.25, 0.3) is 0 Å². The molecule has 0 aromatic heterocycles. The second kappa shape index (κ2) is 4.94. The maximum atomic E-state index is 11.1. The molecule has 90 valence electrons. The second-order valence-corrected chi connectivity index (χ2v) is 5.96. The lowest BCUT2D eigenvalue weighted by Gasteiger charge is -2.27. The van der Waals surface area contributed by atoms with E-state index in [4.69, 9.17) is 9.29 Å². The summed E-state index contributed by atoms with van der Waals surface area (Å²) < 4.78 is 34.3. The molecule has 5 nitrogen and oxygen atoms in total. The van der Waals surface area contributed by atoms with Gasteiger partial charge in [0.2, 0.25) is 0 Å². The first kappa shape index (κ1) is 14.4. The van der Waals surface area contributed by atoms with Gasteiger partial charge in [-0.25, -0.2) is 0 Å². The highest BCUT2D eigenvalue weighted by molar-refractivity contribution is 7.87. The molecule has 1 N–H and O–H groups in total. The summed E-state index contributed by atoms with van der Waals surface area (Å²) >= 11 is 0. The van der Waals surface area contributed by atoms with Crippen molar-refractivity contribution < 1.29 is 22.5 Å². The van der Waals surface area contributed by atoms with E-state index in [1.807, 2.05) is 6.92 Å². The number of esters is 1. The van der Waals surface area contributed by atoms with Crippen LogP contribution >= 0.6 is 0 Å². The molecule has 0 saturated carbocycles. The summed E-state index contributed by atoms with van der Waals surface area (Å²) in [6, 6.07) is 0. The van der Waals surface area contributed by atoms with Crippen molar-refractivity contribution in [3.8, 4) is 0 Å². The summed E-state index contributed by atoms with van der Waals surface area (Å²) in [5, 5.41) is 0. The zero-order valence-electron chi connectivity index (χ0n) is 9.48. The first-order valence-electron chi connectivity index (χ1n) is 4.79. The fourth-order valence-electron chi connectivity index (χ4n) is 0.812. The van der Waals surface area contributed by atoms with Crippen LogP contribution in [0.2, 0.25) is 0 Å². The van der Waals surface area contributed by atoms with Gasteiger partial charge in [0.1, 0.15) is 10.9 Å². The summed E-state index contributed by atoms with van der Waals surface area (Å²) in [4.78, 5) is 11.1. The minimum absolute atomic E-state index is 0.242. The summed E-state index contributed by atoms with van der Waals surface area (Å²) in [6.45, 7) is 5.89. The minimum atomic E-state index is -4.24. The molecule has 0 aliphatic heterocycles. The van der Waals surface area contributed by atoms with Gasteiger partial charge in [-0.2, -0.15) is 8.42 Å². The van der Waals surface area contributed by atoms with Gasteiger partial charge in [-0.05, 0) is 27.2 Å². The largest absolute Gasteiger partial charge is 0.461 e. The molecule has 0 saturated heterocycles. The van der Waals surface area contributed by atoms with E-state index >= 15 is 0 Å². The third-order valence-electron chi connectivity index (χ3n) is 2.41. The number of carbonyl (C=O) groups is 1. The molecule has 0 amide bonds. The smallest absolute Gasteiger partial charge is 0.306 e. The molecular formula is C9H18O5S. The molecule has 0 spiro atoms. The van der Waals surface area contributed by atoms with Crippen LogP contribution in [0.4, 0.5) is 0 Å². The van der Waals surface area contributed by atoms with Crippen molar-refractivity contribution >= 4 is 16.1 Å². The molecule has 0 fully saturated rings. The Labute approximate surface area is 90.6 Å². The van der Waals surface area contributed by atoms with E-state index in [1.165, 1.54) is 20.8 Å². The minimum Gasteiger partial charge on any atom is -0.461 e. The number of hydrogen-bond donors (Lipinski definition) is 1. The zero-order valence-corrected chi connectivity index (χ0v) is 10.3. The topological polar surface area (TPSA) is 80.7 Å². The van der Waals surface area contributed by atoms with Gasteiger partial charge in [0.25, 0.3) is 10.1 Å². The van der Waals surface area contributed by atoms with Crippen LogP contribution in [-0.4, -0.2) is 29.8 Å². The second-order valence-electron chi connectivity index (χ2n) is 3.96. The first-order chi connectivity index (χ1) is 6.63. The number of carbonyl (C=O) groups excluding carboxylic acids is 1. The fraction of sp³-hybridized carbons (Fsp3) is 0.889. The Balaban J connectivity index is 4.59. The monoisotopic (exact) mass is 238 g/mol. The van der Waals surface area contributed by atoms with Crippen LogP contribution < -0.4 is 0 Å². The quantitative estimate of drug-likeness (QED) is 0.578. The van der Waals surface area contributed by atoms with E-state index in [2.05, 4.69) is 0 Å². The number of rotatable bonds is 5. The molecule has 0 rings (SSSR count). The Kier molecular flexibility index (Phi) is 4.73. The van der Waals surface area contributed by atoms with E-state index in [0.29, 0.717) is 6.42 Å². The van der Waals surface area contributed by atoms with E-state index in [1.54, 1.807) is 0 Å². The molecular weight excluding hydrogens is 220 g/mol. The molecule has 0 aliphatic carbocycles. The zero-order chi connectivity index (χ0) is 12.3. The third-order valence-corrected chi connectivity index (χ3v) is 4.07. The molecule has 0 radical (unpaired) electrons. The van der Waals surface area contributed by atoms with E-state index in [0.717, 1.165) is 0 Å². The Morgan fingerprint density at radius 2 is 1.93 bits per heavy atom. The van der Waals surface area contributed by atoms with Crippen molar-refractivity contribution in [3.05, 3.63) is 0 Å². The number of ether oxygens (including phenoxy) is 1. The van der Waals surface area contributed by atoms with Gasteiger partial charge in [0.05, 0.1) is 0 Å². The SMILES string of the molecule is CCCC(=O)OC(C)C(C)(C)S(=O)(=O)O. The highest BCUT2D eigenvalue weighted by atomic mass is 32.2.